The summed E-state index contributed by atoms with van der Waals surface area (Å²) in [4.78, 5) is 62.9. The lowest BCUT2D eigenvalue weighted by Crippen LogP contribution is -2.44. The van der Waals surface area contributed by atoms with E-state index in [2.05, 4.69) is 85.7 Å². The topological polar surface area (TPSA) is 142 Å². The fourth-order valence-electron chi connectivity index (χ4n) is 10.5. The fraction of sp³-hybridized carbons (Fsp3) is 0.300. The maximum absolute atomic E-state index is 13.9. The Bertz CT molecular complexity index is 3660. The minimum absolute atomic E-state index is 0. The predicted molar refractivity (Wildman–Crippen MR) is 287 cm³/mol. The number of aryl methyl sites for hydroxylation is 2. The van der Waals surface area contributed by atoms with Crippen LogP contribution in [0.4, 0.5) is 4.79 Å². The van der Waals surface area contributed by atoms with Crippen LogP contribution in [0.5, 0.6) is 0 Å². The number of amides is 2. The van der Waals surface area contributed by atoms with Gasteiger partial charge in [0, 0.05) is 118 Å². The lowest BCUT2D eigenvalue weighted by atomic mass is 9.70. The van der Waals surface area contributed by atoms with Crippen LogP contribution >= 0.6 is 0 Å². The number of fused-ring (bicyclic) bond motifs is 8. The SMILES string of the molecule is C.C#Cc1ccc2c3c([nH]c2c1)C(C)(C)c1cc(-c2cnn(C(=O)N(C)C)c2)c(CC)cc1C3=O.C#Cc1ccc2c3c([nH]c2c1)C(C)(C)c1cc(-c2cnn(C(C)(C)C(=O)N(C)C)c2)c(CC)cc1C3=O. The fourth-order valence-corrected chi connectivity index (χ4v) is 10.5. The molecule has 72 heavy (non-hydrogen) atoms. The molecule has 0 saturated heterocycles. The van der Waals surface area contributed by atoms with Crippen molar-refractivity contribution in [2.24, 2.45) is 0 Å². The van der Waals surface area contributed by atoms with Crippen LogP contribution in [-0.2, 0) is 34.0 Å². The summed E-state index contributed by atoms with van der Waals surface area (Å²) in [6, 6.07) is 19.5. The smallest absolute Gasteiger partial charge is 0.344 e. The third-order valence-electron chi connectivity index (χ3n) is 14.6. The highest BCUT2D eigenvalue weighted by molar-refractivity contribution is 6.21. The Morgan fingerprint density at radius 1 is 0.653 bits per heavy atom. The van der Waals surface area contributed by atoms with Crippen molar-refractivity contribution in [3.63, 3.8) is 0 Å². The number of benzene rings is 4. The third-order valence-corrected chi connectivity index (χ3v) is 14.6. The molecule has 0 radical (unpaired) electrons. The number of aromatic amines is 2. The van der Waals surface area contributed by atoms with Crippen LogP contribution in [0, 0.1) is 24.7 Å². The summed E-state index contributed by atoms with van der Waals surface area (Å²) in [6.45, 7) is 16.4. The zero-order chi connectivity index (χ0) is 51.2. The number of likely N-dealkylation sites (N-methyl/N-ethyl adjacent to an activating group) is 1. The second kappa shape index (κ2) is 17.9. The van der Waals surface area contributed by atoms with Crippen LogP contribution in [-0.4, -0.2) is 91.0 Å². The summed E-state index contributed by atoms with van der Waals surface area (Å²) in [6.07, 6.45) is 19.9. The number of aromatic nitrogens is 6. The van der Waals surface area contributed by atoms with Gasteiger partial charge in [0.25, 0.3) is 0 Å². The molecule has 4 heterocycles. The highest BCUT2D eigenvalue weighted by Crippen LogP contribution is 2.48. The molecule has 4 aromatic carbocycles. The Labute approximate surface area is 421 Å². The van der Waals surface area contributed by atoms with E-state index in [-0.39, 0.29) is 30.9 Å². The number of rotatable bonds is 6. The molecular formula is C60H62N8O4. The van der Waals surface area contributed by atoms with Crippen molar-refractivity contribution in [3.05, 3.63) is 152 Å². The van der Waals surface area contributed by atoms with Crippen molar-refractivity contribution in [1.82, 2.24) is 39.3 Å². The first-order chi connectivity index (χ1) is 33.6. The van der Waals surface area contributed by atoms with E-state index in [1.807, 2.05) is 68.6 Å². The molecule has 0 unspecified atom stereocenters. The van der Waals surface area contributed by atoms with Gasteiger partial charge in [0.1, 0.15) is 5.54 Å². The molecule has 0 spiro atoms. The van der Waals surface area contributed by atoms with Crippen LogP contribution < -0.4 is 0 Å². The second-order valence-corrected chi connectivity index (χ2v) is 20.6. The van der Waals surface area contributed by atoms with Crippen molar-refractivity contribution in [3.8, 4) is 46.9 Å². The number of nitrogens with zero attached hydrogens (tertiary/aromatic N) is 6. The van der Waals surface area contributed by atoms with E-state index in [1.54, 1.807) is 56.4 Å². The lowest BCUT2D eigenvalue weighted by Gasteiger charge is -2.33. The Morgan fingerprint density at radius 3 is 1.51 bits per heavy atom. The monoisotopic (exact) mass is 958 g/mol. The summed E-state index contributed by atoms with van der Waals surface area (Å²) in [7, 11) is 6.88. The molecule has 10 rings (SSSR count). The molecule has 0 saturated carbocycles. The maximum Gasteiger partial charge on any atom is 0.344 e. The molecule has 0 fully saturated rings. The van der Waals surface area contributed by atoms with Gasteiger partial charge < -0.3 is 19.8 Å². The number of hydrogen-bond acceptors (Lipinski definition) is 6. The average Bonchev–Trinajstić information content (AvgIpc) is 4.19. The minimum atomic E-state index is -0.825. The van der Waals surface area contributed by atoms with Crippen LogP contribution in [0.25, 0.3) is 44.1 Å². The Kier molecular flexibility index (Phi) is 12.5. The molecule has 366 valence electrons. The number of terminal acetylenes is 2. The molecule has 2 amide bonds. The first-order valence-electron chi connectivity index (χ1n) is 23.8. The summed E-state index contributed by atoms with van der Waals surface area (Å²) in [5.41, 5.74) is 14.1. The maximum atomic E-state index is 13.9. The number of carbonyl (C=O) groups is 4. The van der Waals surface area contributed by atoms with Crippen LogP contribution in [0.15, 0.2) is 85.5 Å². The van der Waals surface area contributed by atoms with Gasteiger partial charge in [-0.05, 0) is 109 Å². The Morgan fingerprint density at radius 2 is 1.10 bits per heavy atom. The van der Waals surface area contributed by atoms with Gasteiger partial charge in [-0.3, -0.25) is 19.1 Å². The van der Waals surface area contributed by atoms with Gasteiger partial charge in [-0.1, -0.05) is 72.9 Å². The molecular weight excluding hydrogens is 897 g/mol. The van der Waals surface area contributed by atoms with E-state index in [1.165, 1.54) is 9.58 Å². The van der Waals surface area contributed by atoms with Crippen molar-refractivity contribution in [1.29, 1.82) is 0 Å². The standard InChI is InChI=1S/C31H32N4O2.C28H26N4O2.CH4/c1-9-18-11-12-21-25(13-18)33-28-26(21)27(36)23-14-19(10-2)22(15-24(23)30(28,3)4)20-16-32-35(17-20)31(5,6)29(37)34(7)8;1-7-16-9-10-19-23(11-16)30-26-24(19)25(33)21-12-17(8-2)20(13-22(21)28(26,3)4)18-14-29-32(15-18)27(34)31(5)6;/h1,11-17,33H,10H2,2-8H3;1,9-15,30H,8H2,2-6H3;1H4. The van der Waals surface area contributed by atoms with Crippen LogP contribution in [0.2, 0.25) is 0 Å². The highest BCUT2D eigenvalue weighted by Gasteiger charge is 2.42. The van der Waals surface area contributed by atoms with Crippen molar-refractivity contribution >= 4 is 45.3 Å². The predicted octanol–water partition coefficient (Wildman–Crippen LogP) is 10.9. The zero-order valence-corrected chi connectivity index (χ0v) is 42.5. The largest absolute Gasteiger partial charge is 0.357 e. The molecule has 12 heteroatoms. The summed E-state index contributed by atoms with van der Waals surface area (Å²) >= 11 is 0. The van der Waals surface area contributed by atoms with Gasteiger partial charge >= 0.3 is 6.03 Å². The number of hydrogen-bond donors (Lipinski definition) is 2. The van der Waals surface area contributed by atoms with Crippen LogP contribution in [0.3, 0.4) is 0 Å². The number of ketones is 2. The van der Waals surface area contributed by atoms with Crippen molar-refractivity contribution in [2.45, 2.75) is 92.0 Å². The molecule has 2 N–H and O–H groups in total. The molecule has 4 aromatic heterocycles. The Hall–Kier alpha value is -8.22. The number of carbonyl (C=O) groups excluding carboxylic acids is 4. The molecule has 8 aromatic rings. The third kappa shape index (κ3) is 7.73. The van der Waals surface area contributed by atoms with Gasteiger partial charge in [0.05, 0.1) is 23.5 Å². The van der Waals surface area contributed by atoms with Crippen molar-refractivity contribution in [2.75, 3.05) is 28.2 Å². The molecule has 2 aliphatic carbocycles. The molecule has 0 atom stereocenters. The summed E-state index contributed by atoms with van der Waals surface area (Å²) < 4.78 is 3.06. The van der Waals surface area contributed by atoms with E-state index < -0.39 is 16.4 Å². The minimum Gasteiger partial charge on any atom is -0.357 e. The molecule has 2 aliphatic rings. The normalized spacial score (nSPS) is 13.9. The summed E-state index contributed by atoms with van der Waals surface area (Å²) in [5, 5.41) is 10.6. The highest BCUT2D eigenvalue weighted by atomic mass is 16.2. The average molecular weight is 959 g/mol. The van der Waals surface area contributed by atoms with E-state index in [4.69, 9.17) is 12.8 Å². The van der Waals surface area contributed by atoms with Crippen LogP contribution in [0.1, 0.15) is 139 Å². The number of H-pyrrole nitrogens is 2. The van der Waals surface area contributed by atoms with Gasteiger partial charge in [-0.25, -0.2) is 4.79 Å². The first kappa shape index (κ1) is 50.2. The molecule has 0 aliphatic heterocycles. The van der Waals surface area contributed by atoms with E-state index in [9.17, 15) is 19.2 Å². The first-order valence-corrected chi connectivity index (χ1v) is 23.8. The quantitative estimate of drug-likeness (QED) is 0.159. The van der Waals surface area contributed by atoms with E-state index in [0.29, 0.717) is 0 Å². The molecule has 12 nitrogen and oxygen atoms in total. The number of nitrogens with one attached hydrogen (secondary N) is 2. The van der Waals surface area contributed by atoms with Gasteiger partial charge in [0.15, 0.2) is 11.6 Å². The summed E-state index contributed by atoms with van der Waals surface area (Å²) in [5.74, 6) is 5.36. The lowest BCUT2D eigenvalue weighted by molar-refractivity contribution is -0.137. The zero-order valence-electron chi connectivity index (χ0n) is 42.5. The van der Waals surface area contributed by atoms with E-state index >= 15 is 0 Å². The second-order valence-electron chi connectivity index (χ2n) is 20.6. The van der Waals surface area contributed by atoms with Gasteiger partial charge in [-0.2, -0.15) is 14.9 Å². The van der Waals surface area contributed by atoms with Gasteiger partial charge in [0.2, 0.25) is 5.91 Å². The van der Waals surface area contributed by atoms with Gasteiger partial charge in [-0.15, -0.1) is 12.8 Å². The van der Waals surface area contributed by atoms with E-state index in [0.717, 1.165) is 124 Å². The molecule has 0 bridgehead atoms. The Balaban J connectivity index is 0.000000191. The van der Waals surface area contributed by atoms with Crippen molar-refractivity contribution < 1.29 is 19.2 Å².